The van der Waals surface area contributed by atoms with E-state index in [4.69, 9.17) is 0 Å². The van der Waals surface area contributed by atoms with Crippen LogP contribution < -0.4 is 0 Å². The van der Waals surface area contributed by atoms with E-state index >= 15 is 0 Å². The molecule has 1 aromatic carbocycles. The molecule has 5 atom stereocenters. The predicted molar refractivity (Wildman–Crippen MR) is 92.0 cm³/mol. The van der Waals surface area contributed by atoms with E-state index in [0.717, 1.165) is 17.4 Å². The van der Waals surface area contributed by atoms with Crippen LogP contribution in [-0.4, -0.2) is 40.8 Å². The van der Waals surface area contributed by atoms with Crippen LogP contribution in [0.5, 0.6) is 0 Å². The van der Waals surface area contributed by atoms with Crippen LogP contribution in [0.15, 0.2) is 35.9 Å². The van der Waals surface area contributed by atoms with Crippen molar-refractivity contribution in [3.8, 4) is 0 Å². The second-order valence-corrected chi connectivity index (χ2v) is 7.91. The number of nitrogens with zero attached hydrogens (tertiary/aromatic N) is 1. The van der Waals surface area contributed by atoms with E-state index in [0.29, 0.717) is 30.5 Å². The van der Waals surface area contributed by atoms with Gasteiger partial charge in [0.05, 0.1) is 25.4 Å². The highest BCUT2D eigenvalue weighted by molar-refractivity contribution is 5.85. The van der Waals surface area contributed by atoms with E-state index < -0.39 is 0 Å². The summed E-state index contributed by atoms with van der Waals surface area (Å²) in [6.45, 7) is 3.65. The lowest BCUT2D eigenvalue weighted by Crippen LogP contribution is -2.70. The second kappa shape index (κ2) is 4.49. The number of aliphatic hydroxyl groups excluding tert-OH is 1. The fourth-order valence-electron chi connectivity index (χ4n) is 6.02. The molecule has 1 unspecified atom stereocenters. The Hall–Kier alpha value is -1.58. The number of likely N-dealkylation sites (N-methyl/N-ethyl adjacent to an activating group) is 1. The van der Waals surface area contributed by atoms with Crippen molar-refractivity contribution in [1.29, 1.82) is 0 Å². The van der Waals surface area contributed by atoms with Crippen molar-refractivity contribution in [2.75, 3.05) is 20.2 Å². The number of benzene rings is 1. The molecule has 120 valence electrons. The molecule has 6 rings (SSSR count). The molecule has 0 amide bonds. The molecule has 5 heterocycles. The molecule has 3 nitrogen and oxygen atoms in total. The van der Waals surface area contributed by atoms with Gasteiger partial charge in [0.1, 0.15) is 12.6 Å². The van der Waals surface area contributed by atoms with Gasteiger partial charge in [-0.2, -0.15) is 0 Å². The first-order valence-electron chi connectivity index (χ1n) is 8.87. The van der Waals surface area contributed by atoms with E-state index in [-0.39, 0.29) is 0 Å². The van der Waals surface area contributed by atoms with Gasteiger partial charge in [-0.15, -0.1) is 0 Å². The molecule has 3 fully saturated rings. The minimum atomic E-state index is 0.324. The Morgan fingerprint density at radius 2 is 2.17 bits per heavy atom. The van der Waals surface area contributed by atoms with Crippen molar-refractivity contribution >= 4 is 10.9 Å². The Labute approximate surface area is 137 Å². The lowest BCUT2D eigenvalue weighted by Gasteiger charge is -2.62. The minimum Gasteiger partial charge on any atom is -0.396 e. The van der Waals surface area contributed by atoms with Crippen LogP contribution in [0.3, 0.4) is 0 Å². The van der Waals surface area contributed by atoms with E-state index in [1.807, 2.05) is 0 Å². The van der Waals surface area contributed by atoms with Crippen molar-refractivity contribution in [2.24, 2.45) is 11.8 Å². The number of fused-ring (bicyclic) bond motifs is 4. The van der Waals surface area contributed by atoms with Gasteiger partial charge < -0.3 is 14.6 Å². The molecule has 0 saturated carbocycles. The van der Waals surface area contributed by atoms with Gasteiger partial charge in [-0.05, 0) is 24.1 Å². The number of hydrogen-bond acceptors (Lipinski definition) is 1. The van der Waals surface area contributed by atoms with Crippen molar-refractivity contribution in [3.05, 3.63) is 47.2 Å². The molecule has 1 aromatic heterocycles. The first kappa shape index (κ1) is 13.8. The van der Waals surface area contributed by atoms with Crippen molar-refractivity contribution < 1.29 is 9.59 Å². The summed E-state index contributed by atoms with van der Waals surface area (Å²) in [7, 11) is 2.42. The highest BCUT2D eigenvalue weighted by atomic mass is 16.3. The number of aromatic nitrogens is 1. The number of nitrogens with one attached hydrogen (secondary N) is 1. The normalized spacial score (nSPS) is 39.9. The molecular weight excluding hydrogens is 284 g/mol. The number of allylic oxidation sites excluding steroid dienone is 1. The van der Waals surface area contributed by atoms with E-state index in [1.54, 1.807) is 5.57 Å². The number of quaternary nitrogens is 1. The maximum Gasteiger partial charge on any atom is 0.131 e. The standard InChI is InChI=1S/C20H25N2O/c1-3-12-10-22(2)18-9-15-13-6-4-5-7-17(13)21-20(15)19(22)8-14(12)16(18)11-23/h3-7,14,16,18-19,21,23H,8-11H2,1-2H3/q+1/b12-3-/t14?,16-,18+,19+,22-/m1/s1. The zero-order valence-corrected chi connectivity index (χ0v) is 13.9. The molecule has 23 heavy (non-hydrogen) atoms. The molecule has 3 saturated heterocycles. The summed E-state index contributed by atoms with van der Waals surface area (Å²) in [6, 6.07) is 9.84. The van der Waals surface area contributed by atoms with Crippen LogP contribution in [0.25, 0.3) is 10.9 Å². The molecule has 3 heteroatoms. The third-order valence-electron chi connectivity index (χ3n) is 7.13. The topological polar surface area (TPSA) is 36.0 Å². The average molecular weight is 309 g/mol. The van der Waals surface area contributed by atoms with E-state index in [1.165, 1.54) is 28.6 Å². The smallest absolute Gasteiger partial charge is 0.131 e. The zero-order valence-electron chi connectivity index (χ0n) is 13.9. The molecule has 0 aliphatic carbocycles. The van der Waals surface area contributed by atoms with Gasteiger partial charge in [0.15, 0.2) is 0 Å². The second-order valence-electron chi connectivity index (χ2n) is 7.91. The number of piperidine rings is 3. The molecule has 4 aliphatic rings. The lowest BCUT2D eigenvalue weighted by atomic mass is 9.62. The maximum atomic E-state index is 10.1. The fourth-order valence-corrected chi connectivity index (χ4v) is 6.02. The van der Waals surface area contributed by atoms with Crippen LogP contribution in [0, 0.1) is 11.8 Å². The first-order chi connectivity index (χ1) is 11.2. The summed E-state index contributed by atoms with van der Waals surface area (Å²) < 4.78 is 1.08. The molecule has 0 radical (unpaired) electrons. The molecule has 4 aliphatic heterocycles. The molecular formula is C20H25N2O+. The van der Waals surface area contributed by atoms with E-state index in [9.17, 15) is 5.11 Å². The summed E-state index contributed by atoms with van der Waals surface area (Å²) in [5.41, 5.74) is 5.84. The largest absolute Gasteiger partial charge is 0.396 e. The summed E-state index contributed by atoms with van der Waals surface area (Å²) in [5.74, 6) is 0.984. The summed E-state index contributed by atoms with van der Waals surface area (Å²) >= 11 is 0. The summed E-state index contributed by atoms with van der Waals surface area (Å²) in [4.78, 5) is 3.75. The minimum absolute atomic E-state index is 0.324. The Bertz CT molecular complexity index is 820. The van der Waals surface area contributed by atoms with Crippen LogP contribution in [0.2, 0.25) is 0 Å². The zero-order chi connectivity index (χ0) is 15.8. The Balaban J connectivity index is 1.73. The van der Waals surface area contributed by atoms with Gasteiger partial charge in [0, 0.05) is 35.6 Å². The maximum absolute atomic E-state index is 10.1. The molecule has 4 bridgehead atoms. The number of para-hydroxylation sites is 1. The number of rotatable bonds is 1. The number of hydrogen-bond donors (Lipinski definition) is 2. The fraction of sp³-hybridized carbons (Fsp3) is 0.500. The van der Waals surface area contributed by atoms with Crippen molar-refractivity contribution in [3.63, 3.8) is 0 Å². The SMILES string of the molecule is C/C=C1/C[N@@+]2(C)[C@H]3CC1[C@@H](CO)[C@@H]2Cc1c3[nH]c2ccccc12. The van der Waals surface area contributed by atoms with Gasteiger partial charge in [-0.1, -0.05) is 24.3 Å². The van der Waals surface area contributed by atoms with Crippen LogP contribution >= 0.6 is 0 Å². The number of aromatic amines is 1. The highest BCUT2D eigenvalue weighted by Crippen LogP contribution is 2.57. The van der Waals surface area contributed by atoms with E-state index in [2.05, 4.69) is 49.3 Å². The Morgan fingerprint density at radius 3 is 2.96 bits per heavy atom. The van der Waals surface area contributed by atoms with Crippen molar-refractivity contribution in [1.82, 2.24) is 4.98 Å². The van der Waals surface area contributed by atoms with Crippen LogP contribution in [0.1, 0.15) is 30.6 Å². The van der Waals surface area contributed by atoms with Crippen molar-refractivity contribution in [2.45, 2.75) is 31.8 Å². The summed E-state index contributed by atoms with van der Waals surface area (Å²) in [5, 5.41) is 11.5. The molecule has 0 spiro atoms. The van der Waals surface area contributed by atoms with Crippen LogP contribution in [-0.2, 0) is 6.42 Å². The quantitative estimate of drug-likeness (QED) is 0.616. The first-order valence-corrected chi connectivity index (χ1v) is 8.87. The predicted octanol–water partition coefficient (Wildman–Crippen LogP) is 3.17. The van der Waals surface area contributed by atoms with Gasteiger partial charge in [0.25, 0.3) is 0 Å². The van der Waals surface area contributed by atoms with Gasteiger partial charge in [-0.25, -0.2) is 0 Å². The highest BCUT2D eigenvalue weighted by Gasteiger charge is 2.61. The summed E-state index contributed by atoms with van der Waals surface area (Å²) in [6.07, 6.45) is 4.59. The molecule has 2 N–H and O–H groups in total. The average Bonchev–Trinajstić information content (AvgIpc) is 2.92. The third-order valence-corrected chi connectivity index (χ3v) is 7.13. The van der Waals surface area contributed by atoms with Crippen LogP contribution in [0.4, 0.5) is 0 Å². The third kappa shape index (κ3) is 1.57. The Kier molecular flexibility index (Phi) is 2.70. The van der Waals surface area contributed by atoms with Gasteiger partial charge in [-0.3, -0.25) is 0 Å². The monoisotopic (exact) mass is 309 g/mol. The van der Waals surface area contributed by atoms with Gasteiger partial charge >= 0.3 is 0 Å². The lowest BCUT2D eigenvalue weighted by molar-refractivity contribution is -0.978. The van der Waals surface area contributed by atoms with Gasteiger partial charge in [0.2, 0.25) is 0 Å². The molecule has 2 aromatic rings. The Morgan fingerprint density at radius 1 is 1.35 bits per heavy atom. The number of aliphatic hydroxyl groups is 1. The number of H-pyrrole nitrogens is 1.